The van der Waals surface area contributed by atoms with Crippen molar-refractivity contribution in [3.8, 4) is 0 Å². The lowest BCUT2D eigenvalue weighted by Gasteiger charge is -2.36. The molecule has 2 fully saturated rings. The van der Waals surface area contributed by atoms with Crippen LogP contribution in [0.3, 0.4) is 0 Å². The van der Waals surface area contributed by atoms with Crippen molar-refractivity contribution in [3.05, 3.63) is 29.3 Å². The standard InChI is InChI=1S/C16H23ClN2/c17-14-6-8-16(9-7-14)19-10-2-5-15(12-19)18-11-13-3-1-4-13/h6-9,13,15,18H,1-5,10-12H2. The molecule has 0 radical (unpaired) electrons. The van der Waals surface area contributed by atoms with E-state index in [1.807, 2.05) is 12.1 Å². The minimum Gasteiger partial charge on any atom is -0.370 e. The van der Waals surface area contributed by atoms with Gasteiger partial charge in [0.1, 0.15) is 0 Å². The van der Waals surface area contributed by atoms with E-state index in [-0.39, 0.29) is 0 Å². The normalized spacial score (nSPS) is 24.3. The summed E-state index contributed by atoms with van der Waals surface area (Å²) in [4.78, 5) is 2.48. The van der Waals surface area contributed by atoms with Crippen molar-refractivity contribution in [1.29, 1.82) is 0 Å². The molecule has 0 bridgehead atoms. The second-order valence-electron chi connectivity index (χ2n) is 5.97. The molecule has 1 aliphatic carbocycles. The van der Waals surface area contributed by atoms with Crippen molar-refractivity contribution in [2.24, 2.45) is 5.92 Å². The molecule has 2 nitrogen and oxygen atoms in total. The number of hydrogen-bond acceptors (Lipinski definition) is 2. The molecular weight excluding hydrogens is 256 g/mol. The summed E-state index contributed by atoms with van der Waals surface area (Å²) in [6.45, 7) is 3.52. The molecule has 1 N–H and O–H groups in total. The SMILES string of the molecule is Clc1ccc(N2CCCC(NCC3CCC3)C2)cc1. The number of nitrogens with one attached hydrogen (secondary N) is 1. The maximum absolute atomic E-state index is 5.96. The van der Waals surface area contributed by atoms with Crippen LogP contribution in [0.1, 0.15) is 32.1 Å². The van der Waals surface area contributed by atoms with E-state index < -0.39 is 0 Å². The minimum absolute atomic E-state index is 0.657. The maximum atomic E-state index is 5.96. The third-order valence-electron chi connectivity index (χ3n) is 4.53. The van der Waals surface area contributed by atoms with E-state index in [1.54, 1.807) is 0 Å². The Morgan fingerprint density at radius 3 is 2.58 bits per heavy atom. The number of hydrogen-bond donors (Lipinski definition) is 1. The van der Waals surface area contributed by atoms with Crippen molar-refractivity contribution >= 4 is 17.3 Å². The van der Waals surface area contributed by atoms with Crippen LogP contribution in [0.25, 0.3) is 0 Å². The van der Waals surface area contributed by atoms with E-state index in [1.165, 1.54) is 50.9 Å². The summed E-state index contributed by atoms with van der Waals surface area (Å²) in [6, 6.07) is 8.91. The van der Waals surface area contributed by atoms with E-state index in [0.29, 0.717) is 6.04 Å². The van der Waals surface area contributed by atoms with Crippen molar-refractivity contribution in [2.75, 3.05) is 24.5 Å². The molecular formula is C16H23ClN2. The van der Waals surface area contributed by atoms with Gasteiger partial charge in [-0.05, 0) is 62.4 Å². The topological polar surface area (TPSA) is 15.3 Å². The van der Waals surface area contributed by atoms with Gasteiger partial charge in [0.25, 0.3) is 0 Å². The Labute approximate surface area is 121 Å². The van der Waals surface area contributed by atoms with Crippen LogP contribution in [-0.2, 0) is 0 Å². The average Bonchev–Trinajstić information content (AvgIpc) is 2.38. The van der Waals surface area contributed by atoms with Crippen LogP contribution in [0.2, 0.25) is 5.02 Å². The van der Waals surface area contributed by atoms with Crippen LogP contribution in [0, 0.1) is 5.92 Å². The highest BCUT2D eigenvalue weighted by atomic mass is 35.5. The molecule has 1 saturated carbocycles. The van der Waals surface area contributed by atoms with Crippen molar-refractivity contribution in [2.45, 2.75) is 38.1 Å². The lowest BCUT2D eigenvalue weighted by atomic mass is 9.85. The lowest BCUT2D eigenvalue weighted by Crippen LogP contribution is -2.47. The summed E-state index contributed by atoms with van der Waals surface area (Å²) in [5.41, 5.74) is 1.31. The van der Waals surface area contributed by atoms with E-state index >= 15 is 0 Å². The van der Waals surface area contributed by atoms with Crippen LogP contribution in [-0.4, -0.2) is 25.7 Å². The van der Waals surface area contributed by atoms with Gasteiger partial charge in [-0.15, -0.1) is 0 Å². The Hall–Kier alpha value is -0.730. The third-order valence-corrected chi connectivity index (χ3v) is 4.79. The average molecular weight is 279 g/mol. The second-order valence-corrected chi connectivity index (χ2v) is 6.40. The Kier molecular flexibility index (Phi) is 4.29. The molecule has 3 heteroatoms. The van der Waals surface area contributed by atoms with Crippen molar-refractivity contribution in [1.82, 2.24) is 5.32 Å². The number of piperidine rings is 1. The number of rotatable bonds is 4. The van der Waals surface area contributed by atoms with Gasteiger partial charge < -0.3 is 10.2 Å². The minimum atomic E-state index is 0.657. The second kappa shape index (κ2) is 6.15. The van der Waals surface area contributed by atoms with E-state index in [4.69, 9.17) is 11.6 Å². The monoisotopic (exact) mass is 278 g/mol. The summed E-state index contributed by atoms with van der Waals surface area (Å²) in [5.74, 6) is 0.950. The molecule has 19 heavy (non-hydrogen) atoms. The fourth-order valence-electron chi connectivity index (χ4n) is 3.06. The molecule has 0 aromatic heterocycles. The molecule has 1 aliphatic heterocycles. The van der Waals surface area contributed by atoms with Crippen LogP contribution < -0.4 is 10.2 Å². The number of anilines is 1. The van der Waals surface area contributed by atoms with Gasteiger partial charge in [-0.25, -0.2) is 0 Å². The van der Waals surface area contributed by atoms with Gasteiger partial charge in [0, 0.05) is 29.8 Å². The Balaban J connectivity index is 1.53. The van der Waals surface area contributed by atoms with Gasteiger partial charge in [-0.3, -0.25) is 0 Å². The van der Waals surface area contributed by atoms with Crippen LogP contribution in [0.5, 0.6) is 0 Å². The molecule has 1 heterocycles. The Morgan fingerprint density at radius 1 is 1.11 bits per heavy atom. The summed E-state index contributed by atoms with van der Waals surface area (Å²) >= 11 is 5.96. The number of benzene rings is 1. The van der Waals surface area contributed by atoms with E-state index in [2.05, 4.69) is 22.3 Å². The largest absolute Gasteiger partial charge is 0.370 e. The first-order valence-electron chi connectivity index (χ1n) is 7.55. The van der Waals surface area contributed by atoms with Crippen LogP contribution >= 0.6 is 11.6 Å². The van der Waals surface area contributed by atoms with Crippen molar-refractivity contribution in [3.63, 3.8) is 0 Å². The molecule has 1 saturated heterocycles. The van der Waals surface area contributed by atoms with Gasteiger partial charge >= 0.3 is 0 Å². The van der Waals surface area contributed by atoms with Gasteiger partial charge in [-0.1, -0.05) is 18.0 Å². The number of nitrogens with zero attached hydrogens (tertiary/aromatic N) is 1. The molecule has 2 aliphatic rings. The molecule has 3 rings (SSSR count). The molecule has 1 atom stereocenters. The van der Waals surface area contributed by atoms with Gasteiger partial charge in [-0.2, -0.15) is 0 Å². The smallest absolute Gasteiger partial charge is 0.0407 e. The van der Waals surface area contributed by atoms with E-state index in [0.717, 1.165) is 17.5 Å². The zero-order valence-electron chi connectivity index (χ0n) is 11.4. The van der Waals surface area contributed by atoms with Gasteiger partial charge in [0.15, 0.2) is 0 Å². The summed E-state index contributed by atoms with van der Waals surface area (Å²) in [7, 11) is 0. The highest BCUT2D eigenvalue weighted by molar-refractivity contribution is 6.30. The fourth-order valence-corrected chi connectivity index (χ4v) is 3.19. The quantitative estimate of drug-likeness (QED) is 0.903. The predicted molar refractivity (Wildman–Crippen MR) is 82.0 cm³/mol. The van der Waals surface area contributed by atoms with Gasteiger partial charge in [0.05, 0.1) is 0 Å². The maximum Gasteiger partial charge on any atom is 0.0407 e. The highest BCUT2D eigenvalue weighted by Gasteiger charge is 2.22. The molecule has 1 aromatic carbocycles. The number of halogens is 1. The first-order chi connectivity index (χ1) is 9.31. The molecule has 0 amide bonds. The van der Waals surface area contributed by atoms with E-state index in [9.17, 15) is 0 Å². The Bertz CT molecular complexity index is 400. The zero-order chi connectivity index (χ0) is 13.1. The fraction of sp³-hybridized carbons (Fsp3) is 0.625. The summed E-state index contributed by atoms with van der Waals surface area (Å²) in [5, 5.41) is 4.59. The third kappa shape index (κ3) is 3.43. The molecule has 104 valence electrons. The Morgan fingerprint density at radius 2 is 1.89 bits per heavy atom. The van der Waals surface area contributed by atoms with Crippen molar-refractivity contribution < 1.29 is 0 Å². The molecule has 0 spiro atoms. The molecule has 1 aromatic rings. The first kappa shape index (κ1) is 13.3. The predicted octanol–water partition coefficient (Wildman–Crippen LogP) is 3.70. The zero-order valence-corrected chi connectivity index (χ0v) is 12.2. The summed E-state index contributed by atoms with van der Waals surface area (Å²) in [6.07, 6.45) is 6.90. The van der Waals surface area contributed by atoms with Gasteiger partial charge in [0.2, 0.25) is 0 Å². The van der Waals surface area contributed by atoms with Crippen LogP contribution in [0.4, 0.5) is 5.69 Å². The first-order valence-corrected chi connectivity index (χ1v) is 7.93. The highest BCUT2D eigenvalue weighted by Crippen LogP contribution is 2.26. The molecule has 1 unspecified atom stereocenters. The van der Waals surface area contributed by atoms with Crippen LogP contribution in [0.15, 0.2) is 24.3 Å². The summed E-state index contributed by atoms with van der Waals surface area (Å²) < 4.78 is 0. The lowest BCUT2D eigenvalue weighted by molar-refractivity contribution is 0.280.